The van der Waals surface area contributed by atoms with Gasteiger partial charge in [-0.25, -0.2) is 18.9 Å². The van der Waals surface area contributed by atoms with Crippen LogP contribution in [0.1, 0.15) is 31.3 Å². The molecule has 5 nitrogen and oxygen atoms in total. The maximum atomic E-state index is 13.9. The molecule has 0 fully saturated rings. The first-order valence-electron chi connectivity index (χ1n) is 7.66. The molecule has 2 heterocycles. The predicted molar refractivity (Wildman–Crippen MR) is 94.3 cm³/mol. The standard InChI is InChI=1S/C18H17ClFN3O2/c1-18(2,3)23-16-11(6-8-14(21-16)17(24)25-4)15(22-23)10-5-7-12(19)13(20)9-10/h5-9H,1-4H3. The van der Waals surface area contributed by atoms with Gasteiger partial charge in [0.25, 0.3) is 0 Å². The zero-order valence-corrected chi connectivity index (χ0v) is 15.1. The van der Waals surface area contributed by atoms with Crippen LogP contribution in [0.25, 0.3) is 22.3 Å². The molecule has 0 unspecified atom stereocenters. The number of fused-ring (bicyclic) bond motifs is 1. The summed E-state index contributed by atoms with van der Waals surface area (Å²) in [5, 5.41) is 5.38. The minimum absolute atomic E-state index is 0.0504. The first kappa shape index (κ1) is 17.4. The molecule has 0 radical (unpaired) electrons. The maximum Gasteiger partial charge on any atom is 0.356 e. The van der Waals surface area contributed by atoms with Crippen molar-refractivity contribution in [2.24, 2.45) is 0 Å². The zero-order chi connectivity index (χ0) is 18.4. The number of methoxy groups -OCH3 is 1. The molecule has 0 aliphatic carbocycles. The second kappa shape index (κ2) is 6.11. The van der Waals surface area contributed by atoms with E-state index in [9.17, 15) is 9.18 Å². The topological polar surface area (TPSA) is 57.0 Å². The number of aromatic nitrogens is 3. The summed E-state index contributed by atoms with van der Waals surface area (Å²) >= 11 is 5.77. The summed E-state index contributed by atoms with van der Waals surface area (Å²) in [4.78, 5) is 16.2. The number of esters is 1. The molecule has 3 aromatic rings. The highest BCUT2D eigenvalue weighted by atomic mass is 35.5. The number of pyridine rings is 1. The molecular weight excluding hydrogens is 345 g/mol. The van der Waals surface area contributed by atoms with Crippen LogP contribution in [-0.2, 0) is 10.3 Å². The van der Waals surface area contributed by atoms with E-state index in [0.29, 0.717) is 22.3 Å². The minimum atomic E-state index is -0.525. The lowest BCUT2D eigenvalue weighted by atomic mass is 10.1. The van der Waals surface area contributed by atoms with Crippen molar-refractivity contribution in [2.45, 2.75) is 26.3 Å². The van der Waals surface area contributed by atoms with E-state index in [1.54, 1.807) is 22.9 Å². The van der Waals surface area contributed by atoms with Crippen LogP contribution < -0.4 is 0 Å². The number of carbonyl (C=O) groups is 1. The number of hydrogen-bond acceptors (Lipinski definition) is 4. The van der Waals surface area contributed by atoms with Crippen LogP contribution in [0.15, 0.2) is 30.3 Å². The van der Waals surface area contributed by atoms with Crippen LogP contribution >= 0.6 is 11.6 Å². The third-order valence-electron chi connectivity index (χ3n) is 3.75. The molecule has 0 atom stereocenters. The predicted octanol–water partition coefficient (Wildman–Crippen LogP) is 4.43. The molecule has 0 N–H and O–H groups in total. The van der Waals surface area contributed by atoms with Crippen molar-refractivity contribution >= 4 is 28.6 Å². The summed E-state index contributed by atoms with van der Waals surface area (Å²) in [6.07, 6.45) is 0. The molecule has 0 bridgehead atoms. The highest BCUT2D eigenvalue weighted by Crippen LogP contribution is 2.32. The van der Waals surface area contributed by atoms with E-state index in [4.69, 9.17) is 16.3 Å². The van der Waals surface area contributed by atoms with Gasteiger partial charge < -0.3 is 4.74 Å². The Labute approximate surface area is 149 Å². The van der Waals surface area contributed by atoms with Crippen molar-refractivity contribution in [3.63, 3.8) is 0 Å². The normalized spacial score (nSPS) is 11.8. The smallest absolute Gasteiger partial charge is 0.356 e. The van der Waals surface area contributed by atoms with Crippen molar-refractivity contribution in [1.29, 1.82) is 0 Å². The minimum Gasteiger partial charge on any atom is -0.464 e. The SMILES string of the molecule is COC(=O)c1ccc2c(-c3ccc(Cl)c(F)c3)nn(C(C)(C)C)c2n1. The molecule has 0 aliphatic rings. The van der Waals surface area contributed by atoms with Crippen LogP contribution in [0.3, 0.4) is 0 Å². The number of benzene rings is 1. The van der Waals surface area contributed by atoms with Gasteiger partial charge in [-0.1, -0.05) is 17.7 Å². The fourth-order valence-electron chi connectivity index (χ4n) is 2.54. The number of nitrogens with zero attached hydrogens (tertiary/aromatic N) is 3. The Hall–Kier alpha value is -2.47. The van der Waals surface area contributed by atoms with Crippen molar-refractivity contribution in [2.75, 3.05) is 7.11 Å². The monoisotopic (exact) mass is 361 g/mol. The molecule has 0 spiro atoms. The van der Waals surface area contributed by atoms with Crippen molar-refractivity contribution in [1.82, 2.24) is 14.8 Å². The van der Waals surface area contributed by atoms with Crippen molar-refractivity contribution < 1.29 is 13.9 Å². The summed E-state index contributed by atoms with van der Waals surface area (Å²) in [6, 6.07) is 7.84. The fourth-order valence-corrected chi connectivity index (χ4v) is 2.66. The second-order valence-electron chi connectivity index (χ2n) is 6.62. The van der Waals surface area contributed by atoms with Crippen LogP contribution in [0.2, 0.25) is 5.02 Å². The lowest BCUT2D eigenvalue weighted by molar-refractivity contribution is 0.0594. The number of carbonyl (C=O) groups excluding carboxylic acids is 1. The van der Waals surface area contributed by atoms with Crippen LogP contribution in [0.4, 0.5) is 4.39 Å². The maximum absolute atomic E-state index is 13.9. The van der Waals surface area contributed by atoms with E-state index >= 15 is 0 Å². The van der Waals surface area contributed by atoms with E-state index < -0.39 is 11.8 Å². The summed E-state index contributed by atoms with van der Waals surface area (Å²) in [7, 11) is 1.30. The first-order chi connectivity index (χ1) is 11.7. The Bertz CT molecular complexity index is 976. The molecule has 3 rings (SSSR count). The highest BCUT2D eigenvalue weighted by Gasteiger charge is 2.23. The van der Waals surface area contributed by atoms with Crippen molar-refractivity contribution in [3.05, 3.63) is 46.9 Å². The van der Waals surface area contributed by atoms with Gasteiger partial charge in [0.15, 0.2) is 11.3 Å². The molecule has 0 saturated carbocycles. The molecular formula is C18H17ClFN3O2. The van der Waals surface area contributed by atoms with Gasteiger partial charge in [0.1, 0.15) is 11.5 Å². The number of hydrogen-bond donors (Lipinski definition) is 0. The molecule has 7 heteroatoms. The Morgan fingerprint density at radius 3 is 2.56 bits per heavy atom. The summed E-state index contributed by atoms with van der Waals surface area (Å²) in [5.74, 6) is -1.04. The summed E-state index contributed by atoms with van der Waals surface area (Å²) in [6.45, 7) is 5.91. The van der Waals surface area contributed by atoms with Gasteiger partial charge in [-0.05, 0) is 45.0 Å². The van der Waals surface area contributed by atoms with E-state index in [2.05, 4.69) is 10.1 Å². The summed E-state index contributed by atoms with van der Waals surface area (Å²) in [5.41, 5.74) is 1.49. The first-order valence-corrected chi connectivity index (χ1v) is 8.04. The average molecular weight is 362 g/mol. The Kier molecular flexibility index (Phi) is 4.24. The van der Waals surface area contributed by atoms with Gasteiger partial charge in [0.05, 0.1) is 17.7 Å². The van der Waals surface area contributed by atoms with E-state index in [0.717, 1.165) is 0 Å². The van der Waals surface area contributed by atoms with Crippen molar-refractivity contribution in [3.8, 4) is 11.3 Å². The molecule has 130 valence electrons. The average Bonchev–Trinajstić information content (AvgIpc) is 2.95. The Balaban J connectivity index is 2.30. The van der Waals surface area contributed by atoms with Gasteiger partial charge in [-0.15, -0.1) is 0 Å². The third kappa shape index (κ3) is 3.09. The van der Waals surface area contributed by atoms with E-state index in [1.165, 1.54) is 19.2 Å². The zero-order valence-electron chi connectivity index (χ0n) is 14.3. The third-order valence-corrected chi connectivity index (χ3v) is 4.06. The lowest BCUT2D eigenvalue weighted by Crippen LogP contribution is -2.23. The summed E-state index contributed by atoms with van der Waals surface area (Å²) < 4.78 is 20.3. The molecule has 0 saturated heterocycles. The number of halogens is 2. The van der Waals surface area contributed by atoms with Crippen LogP contribution in [0.5, 0.6) is 0 Å². The van der Waals surface area contributed by atoms with Crippen LogP contribution in [-0.4, -0.2) is 27.8 Å². The lowest BCUT2D eigenvalue weighted by Gasteiger charge is -2.19. The second-order valence-corrected chi connectivity index (χ2v) is 7.03. The Morgan fingerprint density at radius 2 is 1.96 bits per heavy atom. The number of ether oxygens (including phenoxy) is 1. The van der Waals surface area contributed by atoms with Crippen LogP contribution in [0, 0.1) is 5.82 Å². The fraction of sp³-hybridized carbons (Fsp3) is 0.278. The van der Waals surface area contributed by atoms with Gasteiger partial charge in [0, 0.05) is 10.9 Å². The molecule has 0 aliphatic heterocycles. The molecule has 2 aromatic heterocycles. The molecule has 25 heavy (non-hydrogen) atoms. The molecule has 1 aromatic carbocycles. The van der Waals surface area contributed by atoms with Gasteiger partial charge in [-0.2, -0.15) is 5.10 Å². The highest BCUT2D eigenvalue weighted by molar-refractivity contribution is 6.30. The van der Waals surface area contributed by atoms with E-state index in [1.807, 2.05) is 20.8 Å². The van der Waals surface area contributed by atoms with Gasteiger partial charge in [0.2, 0.25) is 0 Å². The Morgan fingerprint density at radius 1 is 1.24 bits per heavy atom. The van der Waals surface area contributed by atoms with Gasteiger partial charge in [-0.3, -0.25) is 0 Å². The van der Waals surface area contributed by atoms with E-state index in [-0.39, 0.29) is 16.3 Å². The largest absolute Gasteiger partial charge is 0.464 e. The van der Waals surface area contributed by atoms with Gasteiger partial charge >= 0.3 is 5.97 Å². The quantitative estimate of drug-likeness (QED) is 0.633. The number of rotatable bonds is 2. The molecule has 0 amide bonds.